The van der Waals surface area contributed by atoms with Gasteiger partial charge in [-0.25, -0.2) is 9.78 Å². The number of carbonyl (C=O) groups is 2. The molecule has 0 bridgehead atoms. The van der Waals surface area contributed by atoms with E-state index in [1.807, 2.05) is 0 Å². The SMILES string of the molecule is Cc1cccnc1NC(=O)c1cc(C(=O)O)on1. The Balaban J connectivity index is 2.17. The van der Waals surface area contributed by atoms with Gasteiger partial charge >= 0.3 is 5.97 Å². The molecule has 0 aliphatic carbocycles. The number of hydrogen-bond donors (Lipinski definition) is 2. The first-order valence-electron chi connectivity index (χ1n) is 5.01. The third kappa shape index (κ3) is 2.34. The summed E-state index contributed by atoms with van der Waals surface area (Å²) < 4.78 is 4.48. The molecule has 0 atom stereocenters. The van der Waals surface area contributed by atoms with Gasteiger partial charge in [-0.3, -0.25) is 4.79 Å². The third-order valence-corrected chi connectivity index (χ3v) is 2.19. The summed E-state index contributed by atoms with van der Waals surface area (Å²) in [5, 5.41) is 14.5. The van der Waals surface area contributed by atoms with Crippen molar-refractivity contribution >= 4 is 17.7 Å². The average Bonchev–Trinajstić information content (AvgIpc) is 2.81. The van der Waals surface area contributed by atoms with Crippen molar-refractivity contribution < 1.29 is 19.2 Å². The van der Waals surface area contributed by atoms with Crippen LogP contribution in [0.5, 0.6) is 0 Å². The summed E-state index contributed by atoms with van der Waals surface area (Å²) in [4.78, 5) is 26.3. The van der Waals surface area contributed by atoms with Gasteiger partial charge in [-0.05, 0) is 18.6 Å². The van der Waals surface area contributed by atoms with Crippen molar-refractivity contribution in [1.82, 2.24) is 10.1 Å². The van der Waals surface area contributed by atoms with E-state index in [9.17, 15) is 9.59 Å². The summed E-state index contributed by atoms with van der Waals surface area (Å²) >= 11 is 0. The smallest absolute Gasteiger partial charge is 0.374 e. The molecule has 0 aliphatic rings. The second-order valence-corrected chi connectivity index (χ2v) is 3.50. The van der Waals surface area contributed by atoms with Crippen LogP contribution in [0.4, 0.5) is 5.82 Å². The van der Waals surface area contributed by atoms with Crippen LogP contribution in [0.25, 0.3) is 0 Å². The van der Waals surface area contributed by atoms with Gasteiger partial charge in [0.05, 0.1) is 0 Å². The first-order valence-corrected chi connectivity index (χ1v) is 5.01. The summed E-state index contributed by atoms with van der Waals surface area (Å²) in [5.74, 6) is -1.86. The molecule has 0 spiro atoms. The fourth-order valence-electron chi connectivity index (χ4n) is 1.27. The van der Waals surface area contributed by atoms with Gasteiger partial charge < -0.3 is 14.9 Å². The monoisotopic (exact) mass is 247 g/mol. The molecule has 0 aliphatic heterocycles. The van der Waals surface area contributed by atoms with Crippen LogP contribution in [0.15, 0.2) is 28.9 Å². The molecular weight excluding hydrogens is 238 g/mol. The Hall–Kier alpha value is -2.70. The number of anilines is 1. The topological polar surface area (TPSA) is 105 Å². The molecule has 0 aromatic carbocycles. The molecule has 0 saturated heterocycles. The number of nitrogens with one attached hydrogen (secondary N) is 1. The maximum absolute atomic E-state index is 11.7. The zero-order chi connectivity index (χ0) is 13.1. The molecule has 2 N–H and O–H groups in total. The van der Waals surface area contributed by atoms with Crippen LogP contribution >= 0.6 is 0 Å². The highest BCUT2D eigenvalue weighted by atomic mass is 16.5. The van der Waals surface area contributed by atoms with Crippen molar-refractivity contribution in [3.8, 4) is 0 Å². The number of aryl methyl sites for hydroxylation is 1. The molecule has 0 unspecified atom stereocenters. The van der Waals surface area contributed by atoms with E-state index in [0.29, 0.717) is 5.82 Å². The van der Waals surface area contributed by atoms with Gasteiger partial charge in [0.15, 0.2) is 5.69 Å². The summed E-state index contributed by atoms with van der Waals surface area (Å²) in [7, 11) is 0. The lowest BCUT2D eigenvalue weighted by Gasteiger charge is -2.03. The van der Waals surface area contributed by atoms with Crippen molar-refractivity contribution in [1.29, 1.82) is 0 Å². The number of amides is 1. The lowest BCUT2D eigenvalue weighted by Crippen LogP contribution is -2.14. The van der Waals surface area contributed by atoms with Gasteiger partial charge in [0.25, 0.3) is 5.91 Å². The van der Waals surface area contributed by atoms with E-state index in [2.05, 4.69) is 20.0 Å². The van der Waals surface area contributed by atoms with Gasteiger partial charge in [0.2, 0.25) is 5.76 Å². The first kappa shape index (κ1) is 11.8. The molecule has 0 radical (unpaired) electrons. The first-order chi connectivity index (χ1) is 8.58. The Bertz CT molecular complexity index is 606. The number of aromatic carboxylic acids is 1. The van der Waals surface area contributed by atoms with E-state index in [0.717, 1.165) is 11.6 Å². The molecule has 2 heterocycles. The van der Waals surface area contributed by atoms with Crippen molar-refractivity contribution in [3.05, 3.63) is 41.4 Å². The van der Waals surface area contributed by atoms with Crippen LogP contribution in [-0.4, -0.2) is 27.1 Å². The molecular formula is C11H9N3O4. The lowest BCUT2D eigenvalue weighted by molar-refractivity contribution is 0.0651. The Morgan fingerprint density at radius 3 is 2.83 bits per heavy atom. The Morgan fingerprint density at radius 2 is 2.22 bits per heavy atom. The minimum Gasteiger partial charge on any atom is -0.475 e. The highest BCUT2D eigenvalue weighted by Gasteiger charge is 2.17. The van der Waals surface area contributed by atoms with Gasteiger partial charge in [0, 0.05) is 12.3 Å². The highest BCUT2D eigenvalue weighted by Crippen LogP contribution is 2.11. The molecule has 2 rings (SSSR count). The molecule has 92 valence electrons. The number of carbonyl (C=O) groups excluding carboxylic acids is 1. The molecule has 0 fully saturated rings. The predicted octanol–water partition coefficient (Wildman–Crippen LogP) is 1.33. The van der Waals surface area contributed by atoms with E-state index in [-0.39, 0.29) is 5.69 Å². The van der Waals surface area contributed by atoms with Crippen molar-refractivity contribution in [2.45, 2.75) is 6.92 Å². The predicted molar refractivity (Wildman–Crippen MR) is 60.4 cm³/mol. The van der Waals surface area contributed by atoms with Crippen LogP contribution < -0.4 is 5.32 Å². The Labute approximate surface area is 101 Å². The number of pyridine rings is 1. The number of aromatic nitrogens is 2. The van der Waals surface area contributed by atoms with E-state index >= 15 is 0 Å². The van der Waals surface area contributed by atoms with Crippen LogP contribution in [0.2, 0.25) is 0 Å². The second-order valence-electron chi connectivity index (χ2n) is 3.50. The largest absolute Gasteiger partial charge is 0.475 e. The standard InChI is InChI=1S/C11H9N3O4/c1-6-3-2-4-12-9(6)13-10(15)7-5-8(11(16)17)18-14-7/h2-5H,1H3,(H,16,17)(H,12,13,15). The minimum absolute atomic E-state index is 0.113. The number of nitrogens with zero attached hydrogens (tertiary/aromatic N) is 2. The average molecular weight is 247 g/mol. The maximum Gasteiger partial charge on any atom is 0.374 e. The highest BCUT2D eigenvalue weighted by molar-refractivity contribution is 6.03. The van der Waals surface area contributed by atoms with Crippen molar-refractivity contribution in [2.75, 3.05) is 5.32 Å². The number of carboxylic acid groups (broad SMARTS) is 1. The van der Waals surface area contributed by atoms with Crippen LogP contribution in [0.1, 0.15) is 26.6 Å². The molecule has 1 amide bonds. The maximum atomic E-state index is 11.7. The zero-order valence-corrected chi connectivity index (χ0v) is 9.38. The van der Waals surface area contributed by atoms with Crippen LogP contribution in [0, 0.1) is 6.92 Å². The number of hydrogen-bond acceptors (Lipinski definition) is 5. The molecule has 7 heteroatoms. The second kappa shape index (κ2) is 4.66. The van der Waals surface area contributed by atoms with Crippen LogP contribution in [0.3, 0.4) is 0 Å². The summed E-state index contributed by atoms with van der Waals surface area (Å²) in [6, 6.07) is 4.58. The summed E-state index contributed by atoms with van der Waals surface area (Å²) in [5.41, 5.74) is 0.672. The zero-order valence-electron chi connectivity index (χ0n) is 9.38. The summed E-state index contributed by atoms with van der Waals surface area (Å²) in [6.45, 7) is 1.79. The normalized spacial score (nSPS) is 10.1. The van der Waals surface area contributed by atoms with E-state index in [1.54, 1.807) is 19.1 Å². The molecule has 2 aromatic heterocycles. The summed E-state index contributed by atoms with van der Waals surface area (Å²) in [6.07, 6.45) is 1.54. The number of carboxylic acids is 1. The van der Waals surface area contributed by atoms with Crippen molar-refractivity contribution in [2.24, 2.45) is 0 Å². The quantitative estimate of drug-likeness (QED) is 0.847. The Kier molecular flexibility index (Phi) is 3.05. The van der Waals surface area contributed by atoms with Gasteiger partial charge in [0.1, 0.15) is 5.82 Å². The minimum atomic E-state index is -1.28. The third-order valence-electron chi connectivity index (χ3n) is 2.19. The van der Waals surface area contributed by atoms with E-state index in [4.69, 9.17) is 5.11 Å². The molecule has 0 saturated carbocycles. The molecule has 7 nitrogen and oxygen atoms in total. The molecule has 18 heavy (non-hydrogen) atoms. The van der Waals surface area contributed by atoms with Crippen LogP contribution in [-0.2, 0) is 0 Å². The van der Waals surface area contributed by atoms with Gasteiger partial charge in [-0.1, -0.05) is 11.2 Å². The van der Waals surface area contributed by atoms with Crippen molar-refractivity contribution in [3.63, 3.8) is 0 Å². The fraction of sp³-hybridized carbons (Fsp3) is 0.0909. The van der Waals surface area contributed by atoms with Gasteiger partial charge in [-0.15, -0.1) is 0 Å². The lowest BCUT2D eigenvalue weighted by atomic mass is 10.3. The van der Waals surface area contributed by atoms with E-state index < -0.39 is 17.6 Å². The Morgan fingerprint density at radius 1 is 1.44 bits per heavy atom. The number of rotatable bonds is 3. The van der Waals surface area contributed by atoms with Gasteiger partial charge in [-0.2, -0.15) is 0 Å². The molecule has 2 aromatic rings. The fourth-order valence-corrected chi connectivity index (χ4v) is 1.27. The van der Waals surface area contributed by atoms with E-state index in [1.165, 1.54) is 6.20 Å².